The molecule has 3 heterocycles. The fourth-order valence-electron chi connectivity index (χ4n) is 3.53. The third kappa shape index (κ3) is 3.40. The Morgan fingerprint density at radius 3 is 2.64 bits per heavy atom. The number of likely N-dealkylation sites (N-methyl/N-ethyl adjacent to an activating group) is 1. The molecule has 9 heteroatoms. The summed E-state index contributed by atoms with van der Waals surface area (Å²) in [7, 11) is 2.07. The van der Waals surface area contributed by atoms with Gasteiger partial charge in [-0.2, -0.15) is 0 Å². The zero-order valence-corrected chi connectivity index (χ0v) is 17.0. The van der Waals surface area contributed by atoms with E-state index in [-0.39, 0.29) is 11.5 Å². The first-order valence-electron chi connectivity index (χ1n) is 9.56. The van der Waals surface area contributed by atoms with Crippen molar-refractivity contribution in [2.24, 2.45) is 0 Å². The lowest BCUT2D eigenvalue weighted by atomic mass is 10.2. The number of carbonyl (C=O) groups excluding carboxylic acids is 1. The first-order valence-corrected chi connectivity index (χ1v) is 10.5. The van der Waals surface area contributed by atoms with Crippen molar-refractivity contribution in [1.82, 2.24) is 29.0 Å². The smallest absolute Gasteiger partial charge is 0.262 e. The van der Waals surface area contributed by atoms with Crippen LogP contribution in [-0.2, 0) is 11.3 Å². The second-order valence-corrected chi connectivity index (χ2v) is 8.01. The van der Waals surface area contributed by atoms with Gasteiger partial charge in [-0.3, -0.25) is 18.6 Å². The van der Waals surface area contributed by atoms with Crippen LogP contribution < -0.4 is 5.56 Å². The van der Waals surface area contributed by atoms with Crippen molar-refractivity contribution in [3.05, 3.63) is 34.6 Å². The molecule has 0 atom stereocenters. The summed E-state index contributed by atoms with van der Waals surface area (Å²) in [4.78, 5) is 29.6. The summed E-state index contributed by atoms with van der Waals surface area (Å²) in [5, 5.41) is 9.84. The van der Waals surface area contributed by atoms with E-state index in [1.165, 1.54) is 11.8 Å². The molecule has 28 heavy (non-hydrogen) atoms. The summed E-state index contributed by atoms with van der Waals surface area (Å²) in [6.07, 6.45) is 0.825. The van der Waals surface area contributed by atoms with Gasteiger partial charge in [0.15, 0.2) is 5.16 Å². The predicted octanol–water partition coefficient (Wildman–Crippen LogP) is 1.32. The van der Waals surface area contributed by atoms with Gasteiger partial charge in [0.1, 0.15) is 0 Å². The van der Waals surface area contributed by atoms with Crippen molar-refractivity contribution < 1.29 is 4.79 Å². The maximum absolute atomic E-state index is 12.9. The van der Waals surface area contributed by atoms with E-state index < -0.39 is 0 Å². The van der Waals surface area contributed by atoms with Crippen molar-refractivity contribution >= 4 is 34.3 Å². The van der Waals surface area contributed by atoms with Crippen LogP contribution in [0.2, 0.25) is 0 Å². The Hall–Kier alpha value is -2.39. The van der Waals surface area contributed by atoms with E-state index in [9.17, 15) is 9.59 Å². The highest BCUT2D eigenvalue weighted by Gasteiger charge is 2.21. The number of aromatic nitrogens is 4. The molecule has 0 radical (unpaired) electrons. The topological polar surface area (TPSA) is 75.7 Å². The number of amides is 1. The maximum Gasteiger partial charge on any atom is 0.262 e. The van der Waals surface area contributed by atoms with Gasteiger partial charge in [0.25, 0.3) is 5.56 Å². The minimum absolute atomic E-state index is 0.0533. The molecule has 0 spiro atoms. The summed E-state index contributed by atoms with van der Waals surface area (Å²) in [5.74, 6) is 0.951. The van der Waals surface area contributed by atoms with Crippen LogP contribution in [0.15, 0.2) is 34.2 Å². The second-order valence-electron chi connectivity index (χ2n) is 7.06. The van der Waals surface area contributed by atoms with E-state index in [0.29, 0.717) is 28.6 Å². The van der Waals surface area contributed by atoms with Gasteiger partial charge in [0.2, 0.25) is 11.7 Å². The first kappa shape index (κ1) is 18.9. The van der Waals surface area contributed by atoms with Crippen molar-refractivity contribution in [1.29, 1.82) is 0 Å². The van der Waals surface area contributed by atoms with Gasteiger partial charge in [-0.25, -0.2) is 0 Å². The average molecular weight is 401 g/mol. The van der Waals surface area contributed by atoms with Crippen LogP contribution in [0.1, 0.15) is 13.3 Å². The van der Waals surface area contributed by atoms with E-state index >= 15 is 0 Å². The third-order valence-corrected chi connectivity index (χ3v) is 6.02. The molecule has 8 nitrogen and oxygen atoms in total. The Morgan fingerprint density at radius 2 is 1.89 bits per heavy atom. The Balaban J connectivity index is 1.67. The highest BCUT2D eigenvalue weighted by Crippen LogP contribution is 2.22. The van der Waals surface area contributed by atoms with E-state index in [4.69, 9.17) is 0 Å². The Bertz CT molecular complexity index is 1070. The van der Waals surface area contributed by atoms with Gasteiger partial charge in [-0.05, 0) is 25.6 Å². The molecule has 1 aliphatic heterocycles. The minimum Gasteiger partial charge on any atom is -0.339 e. The molecule has 4 rings (SSSR count). The number of aryl methyl sites for hydroxylation is 1. The normalized spacial score (nSPS) is 15.6. The molecule has 1 saturated heterocycles. The van der Waals surface area contributed by atoms with E-state index in [2.05, 4.69) is 22.1 Å². The van der Waals surface area contributed by atoms with Gasteiger partial charge in [-0.15, -0.1) is 10.2 Å². The Kier molecular flexibility index (Phi) is 5.36. The van der Waals surface area contributed by atoms with Gasteiger partial charge in [-0.1, -0.05) is 30.8 Å². The van der Waals surface area contributed by atoms with Gasteiger partial charge in [0, 0.05) is 32.7 Å². The predicted molar refractivity (Wildman–Crippen MR) is 110 cm³/mol. The van der Waals surface area contributed by atoms with Crippen molar-refractivity contribution in [3.8, 4) is 0 Å². The maximum atomic E-state index is 12.9. The number of thioether (sulfide) groups is 1. The Labute approximate surface area is 167 Å². The molecule has 1 amide bonds. The molecule has 0 saturated carbocycles. The number of fused-ring (bicyclic) bond motifs is 3. The quantitative estimate of drug-likeness (QED) is 0.602. The van der Waals surface area contributed by atoms with Crippen molar-refractivity contribution in [3.63, 3.8) is 0 Å². The summed E-state index contributed by atoms with van der Waals surface area (Å²) >= 11 is 1.38. The van der Waals surface area contributed by atoms with Crippen LogP contribution in [-0.4, -0.2) is 73.9 Å². The zero-order chi connectivity index (χ0) is 19.7. The number of piperazine rings is 1. The fourth-order valence-corrected chi connectivity index (χ4v) is 4.37. The number of carbonyl (C=O) groups is 1. The van der Waals surface area contributed by atoms with Gasteiger partial charge in [0.05, 0.1) is 16.7 Å². The van der Waals surface area contributed by atoms with E-state index in [0.717, 1.165) is 38.1 Å². The van der Waals surface area contributed by atoms with Crippen molar-refractivity contribution in [2.75, 3.05) is 39.0 Å². The Morgan fingerprint density at radius 1 is 1.14 bits per heavy atom. The molecular weight excluding hydrogens is 376 g/mol. The highest BCUT2D eigenvalue weighted by atomic mass is 32.2. The number of hydrogen-bond acceptors (Lipinski definition) is 6. The average Bonchev–Trinajstić information content (AvgIpc) is 3.14. The van der Waals surface area contributed by atoms with Crippen molar-refractivity contribution in [2.45, 2.75) is 25.0 Å². The molecule has 0 N–H and O–H groups in total. The van der Waals surface area contributed by atoms with Crippen LogP contribution in [0, 0.1) is 0 Å². The third-order valence-electron chi connectivity index (χ3n) is 5.11. The molecule has 0 aliphatic carbocycles. The molecule has 2 aromatic heterocycles. The molecular formula is C19H24N6O2S. The molecule has 0 bridgehead atoms. The van der Waals surface area contributed by atoms with Crippen LogP contribution in [0.4, 0.5) is 0 Å². The summed E-state index contributed by atoms with van der Waals surface area (Å²) in [5.41, 5.74) is 0.719. The molecule has 1 aromatic carbocycles. The van der Waals surface area contributed by atoms with Crippen LogP contribution >= 0.6 is 11.8 Å². The fraction of sp³-hybridized carbons (Fsp3) is 0.474. The molecule has 0 unspecified atom stereocenters. The number of para-hydroxylation sites is 1. The summed E-state index contributed by atoms with van der Waals surface area (Å²) < 4.78 is 3.57. The van der Waals surface area contributed by atoms with Gasteiger partial charge >= 0.3 is 0 Å². The lowest BCUT2D eigenvalue weighted by Gasteiger charge is -2.32. The molecule has 1 aliphatic rings. The van der Waals surface area contributed by atoms with Gasteiger partial charge < -0.3 is 9.80 Å². The number of rotatable bonds is 5. The first-order chi connectivity index (χ1) is 13.6. The van der Waals surface area contributed by atoms with Crippen LogP contribution in [0.5, 0.6) is 0 Å². The molecule has 3 aromatic rings. The summed E-state index contributed by atoms with van der Waals surface area (Å²) in [6, 6.07) is 7.48. The van der Waals surface area contributed by atoms with E-state index in [1.54, 1.807) is 4.57 Å². The molecule has 148 valence electrons. The number of nitrogens with zero attached hydrogens (tertiary/aromatic N) is 6. The summed E-state index contributed by atoms with van der Waals surface area (Å²) in [6.45, 7) is 5.93. The minimum atomic E-state index is -0.0533. The lowest BCUT2D eigenvalue weighted by Crippen LogP contribution is -2.47. The number of benzene rings is 1. The lowest BCUT2D eigenvalue weighted by molar-refractivity contribution is -0.129. The zero-order valence-electron chi connectivity index (χ0n) is 16.2. The van der Waals surface area contributed by atoms with E-state index in [1.807, 2.05) is 40.5 Å². The second kappa shape index (κ2) is 7.92. The largest absolute Gasteiger partial charge is 0.339 e. The highest BCUT2D eigenvalue weighted by molar-refractivity contribution is 7.99. The number of hydrogen-bond donors (Lipinski definition) is 0. The molecule has 1 fully saturated rings. The van der Waals surface area contributed by atoms with Crippen LogP contribution in [0.25, 0.3) is 16.7 Å². The monoisotopic (exact) mass is 400 g/mol. The SMILES string of the molecule is CCCn1c(=O)c2ccccc2n2c(SCC(=O)N3CCN(C)CC3)nnc12. The standard InChI is InChI=1S/C19H24N6O2S/c1-3-8-24-17(27)14-6-4-5-7-15(14)25-18(24)20-21-19(25)28-13-16(26)23-11-9-22(2)10-12-23/h4-7H,3,8-13H2,1-2H3. The van der Waals surface area contributed by atoms with Crippen LogP contribution in [0.3, 0.4) is 0 Å².